The molecule has 1 aromatic carbocycles. The van der Waals surface area contributed by atoms with Gasteiger partial charge in [-0.25, -0.2) is 9.78 Å². The first-order chi connectivity index (χ1) is 10.7. The second-order valence-corrected chi connectivity index (χ2v) is 5.33. The summed E-state index contributed by atoms with van der Waals surface area (Å²) in [4.78, 5) is 15.7. The third-order valence-electron chi connectivity index (χ3n) is 3.04. The largest absolute Gasteiger partial charge is 0.494 e. The van der Waals surface area contributed by atoms with Crippen molar-refractivity contribution in [3.63, 3.8) is 0 Å². The van der Waals surface area contributed by atoms with Gasteiger partial charge in [0, 0.05) is 5.56 Å². The van der Waals surface area contributed by atoms with E-state index in [1.807, 2.05) is 6.07 Å². The van der Waals surface area contributed by atoms with Crippen molar-refractivity contribution in [1.29, 1.82) is 0 Å². The number of amides is 1. The number of methoxy groups -OCH3 is 2. The van der Waals surface area contributed by atoms with Crippen molar-refractivity contribution in [3.05, 3.63) is 24.0 Å². The Hall–Kier alpha value is -2.48. The van der Waals surface area contributed by atoms with E-state index in [1.54, 1.807) is 19.4 Å². The Morgan fingerprint density at radius 1 is 1.36 bits per heavy atom. The Balaban J connectivity index is 2.09. The van der Waals surface area contributed by atoms with E-state index in [0.29, 0.717) is 35.4 Å². The van der Waals surface area contributed by atoms with Gasteiger partial charge in [-0.2, -0.15) is 0 Å². The minimum absolute atomic E-state index is 0.421. The number of thiazole rings is 1. The van der Waals surface area contributed by atoms with E-state index in [9.17, 15) is 4.79 Å². The summed E-state index contributed by atoms with van der Waals surface area (Å²) >= 11 is 1.31. The normalized spacial score (nSPS) is 13.8. The Morgan fingerprint density at radius 3 is 2.91 bits per heavy atom. The number of anilines is 1. The van der Waals surface area contributed by atoms with E-state index in [2.05, 4.69) is 15.0 Å². The van der Waals surface area contributed by atoms with Crippen LogP contribution in [0.5, 0.6) is 5.75 Å². The van der Waals surface area contributed by atoms with Crippen molar-refractivity contribution >= 4 is 38.5 Å². The van der Waals surface area contributed by atoms with E-state index in [-0.39, 0.29) is 0 Å². The highest BCUT2D eigenvalue weighted by molar-refractivity contribution is 7.22. The summed E-state index contributed by atoms with van der Waals surface area (Å²) in [5.41, 5.74) is 1.48. The third kappa shape index (κ3) is 2.64. The van der Waals surface area contributed by atoms with Crippen LogP contribution in [0.4, 0.5) is 9.93 Å². The zero-order chi connectivity index (χ0) is 15.5. The second-order valence-electron chi connectivity index (χ2n) is 4.33. The number of hydrogen-bond acceptors (Lipinski definition) is 7. The molecule has 0 fully saturated rings. The van der Waals surface area contributed by atoms with Crippen molar-refractivity contribution in [2.45, 2.75) is 0 Å². The van der Waals surface area contributed by atoms with Crippen molar-refractivity contribution in [3.8, 4) is 5.75 Å². The quantitative estimate of drug-likeness (QED) is 0.936. The number of benzene rings is 1. The highest BCUT2D eigenvalue weighted by atomic mass is 32.1. The molecular formula is C14H14N2O5S. The van der Waals surface area contributed by atoms with Crippen molar-refractivity contribution in [1.82, 2.24) is 4.98 Å². The number of fused-ring (bicyclic) bond motifs is 1. The van der Waals surface area contributed by atoms with Crippen molar-refractivity contribution in [2.75, 3.05) is 32.8 Å². The number of rotatable bonds is 3. The van der Waals surface area contributed by atoms with Gasteiger partial charge in [0.05, 0.1) is 18.9 Å². The van der Waals surface area contributed by atoms with Crippen LogP contribution in [0.15, 0.2) is 18.4 Å². The van der Waals surface area contributed by atoms with Gasteiger partial charge in [0.15, 0.2) is 10.9 Å². The first-order valence-electron chi connectivity index (χ1n) is 6.50. The molecule has 0 unspecified atom stereocenters. The van der Waals surface area contributed by atoms with Crippen LogP contribution in [0.25, 0.3) is 16.0 Å². The minimum Gasteiger partial charge on any atom is -0.494 e. The molecular weight excluding hydrogens is 308 g/mol. The van der Waals surface area contributed by atoms with Gasteiger partial charge in [-0.05, 0) is 12.1 Å². The van der Waals surface area contributed by atoms with E-state index in [0.717, 1.165) is 10.3 Å². The van der Waals surface area contributed by atoms with Crippen LogP contribution in [0.1, 0.15) is 5.56 Å². The fourth-order valence-corrected chi connectivity index (χ4v) is 3.03. The maximum atomic E-state index is 11.3. The van der Waals surface area contributed by atoms with Crippen molar-refractivity contribution < 1.29 is 23.7 Å². The van der Waals surface area contributed by atoms with Gasteiger partial charge >= 0.3 is 6.09 Å². The molecule has 2 heterocycles. The molecule has 1 aliphatic rings. The van der Waals surface area contributed by atoms with Crippen LogP contribution in [0.3, 0.4) is 0 Å². The number of aromatic nitrogens is 1. The molecule has 3 rings (SSSR count). The first kappa shape index (κ1) is 14.5. The molecule has 1 aliphatic heterocycles. The Morgan fingerprint density at radius 2 is 2.23 bits per heavy atom. The molecule has 8 heteroatoms. The second kappa shape index (κ2) is 6.10. The summed E-state index contributed by atoms with van der Waals surface area (Å²) in [6.07, 6.45) is 1.01. The van der Waals surface area contributed by atoms with Gasteiger partial charge in [0.1, 0.15) is 30.7 Å². The van der Waals surface area contributed by atoms with Crippen LogP contribution >= 0.6 is 11.3 Å². The van der Waals surface area contributed by atoms with Gasteiger partial charge in [0.25, 0.3) is 0 Å². The van der Waals surface area contributed by atoms with Gasteiger partial charge in [0.2, 0.25) is 0 Å². The number of ether oxygens (including phenoxy) is 4. The van der Waals surface area contributed by atoms with Crippen molar-refractivity contribution in [2.24, 2.45) is 0 Å². The number of carbonyl (C=O) groups is 1. The number of hydrogen-bond donors (Lipinski definition) is 1. The van der Waals surface area contributed by atoms with Gasteiger partial charge in [-0.1, -0.05) is 11.3 Å². The molecule has 1 aromatic heterocycles. The highest BCUT2D eigenvalue weighted by Crippen LogP contribution is 2.38. The lowest BCUT2D eigenvalue weighted by molar-refractivity contribution is 0.126. The molecule has 0 saturated heterocycles. The number of carbonyl (C=O) groups excluding carboxylic acids is 1. The topological polar surface area (TPSA) is 78.9 Å². The fraction of sp³-hybridized carbons (Fsp3) is 0.286. The molecule has 1 amide bonds. The van der Waals surface area contributed by atoms with E-state index in [1.165, 1.54) is 18.4 Å². The third-order valence-corrected chi connectivity index (χ3v) is 4.04. The molecule has 7 nitrogen and oxygen atoms in total. The lowest BCUT2D eigenvalue weighted by atomic mass is 10.1. The lowest BCUT2D eigenvalue weighted by Gasteiger charge is -2.16. The maximum Gasteiger partial charge on any atom is 0.413 e. The highest BCUT2D eigenvalue weighted by Gasteiger charge is 2.19. The summed E-state index contributed by atoms with van der Waals surface area (Å²) in [7, 11) is 2.87. The molecule has 0 aliphatic carbocycles. The van der Waals surface area contributed by atoms with Crippen LogP contribution in [0.2, 0.25) is 0 Å². The van der Waals surface area contributed by atoms with Gasteiger partial charge < -0.3 is 18.9 Å². The first-order valence-corrected chi connectivity index (χ1v) is 7.32. The molecule has 116 valence electrons. The average molecular weight is 322 g/mol. The molecule has 0 atom stereocenters. The molecule has 0 spiro atoms. The predicted octanol–water partition coefficient (Wildman–Crippen LogP) is 2.83. The van der Waals surface area contributed by atoms with E-state index >= 15 is 0 Å². The van der Waals surface area contributed by atoms with Crippen LogP contribution in [-0.4, -0.2) is 38.5 Å². The minimum atomic E-state index is -0.573. The number of nitrogens with zero attached hydrogens (tertiary/aromatic N) is 1. The fourth-order valence-electron chi connectivity index (χ4n) is 2.04. The van der Waals surface area contributed by atoms with Crippen LogP contribution in [0, 0.1) is 0 Å². The standard InChI is InChI=1S/C14H14N2O5S/c1-18-9-4-3-8(10-7-20-5-6-21-10)12-11(9)15-13(22-12)16-14(17)19-2/h3-4,7H,5-6H2,1-2H3,(H,15,16,17). The molecule has 1 N–H and O–H groups in total. The molecule has 0 radical (unpaired) electrons. The van der Waals surface area contributed by atoms with Crippen LogP contribution in [-0.2, 0) is 14.2 Å². The zero-order valence-corrected chi connectivity index (χ0v) is 12.9. The molecule has 0 bridgehead atoms. The summed E-state index contributed by atoms with van der Waals surface area (Å²) in [6.45, 7) is 1.02. The monoisotopic (exact) mass is 322 g/mol. The maximum absolute atomic E-state index is 11.3. The molecule has 22 heavy (non-hydrogen) atoms. The lowest BCUT2D eigenvalue weighted by Crippen LogP contribution is -2.10. The van der Waals surface area contributed by atoms with Crippen LogP contribution < -0.4 is 10.1 Å². The van der Waals surface area contributed by atoms with Gasteiger partial charge in [-0.15, -0.1) is 0 Å². The smallest absolute Gasteiger partial charge is 0.413 e. The summed E-state index contributed by atoms with van der Waals surface area (Å²) in [5.74, 6) is 1.25. The van der Waals surface area contributed by atoms with E-state index in [4.69, 9.17) is 14.2 Å². The SMILES string of the molecule is COC(=O)Nc1nc2c(OC)ccc(C3=COCCO3)c2s1. The predicted molar refractivity (Wildman–Crippen MR) is 82.1 cm³/mol. The Kier molecular flexibility index (Phi) is 4.01. The molecule has 2 aromatic rings. The summed E-state index contributed by atoms with van der Waals surface area (Å²) < 4.78 is 21.7. The number of nitrogens with one attached hydrogen (secondary N) is 1. The van der Waals surface area contributed by atoms with Gasteiger partial charge in [-0.3, -0.25) is 5.32 Å². The Labute approximate surface area is 130 Å². The zero-order valence-electron chi connectivity index (χ0n) is 12.0. The summed E-state index contributed by atoms with van der Waals surface area (Å²) in [5, 5.41) is 2.98. The molecule has 0 saturated carbocycles. The Bertz CT molecular complexity index is 740. The van der Waals surface area contributed by atoms with E-state index < -0.39 is 6.09 Å². The average Bonchev–Trinajstić information content (AvgIpc) is 2.97. The summed E-state index contributed by atoms with van der Waals surface area (Å²) in [6, 6.07) is 3.68.